The molecular formula is C17H23N3O4. The fourth-order valence-electron chi connectivity index (χ4n) is 3.43. The zero-order chi connectivity index (χ0) is 17.3. The molecule has 0 spiro atoms. The van der Waals surface area contributed by atoms with Crippen LogP contribution in [-0.4, -0.2) is 54.6 Å². The van der Waals surface area contributed by atoms with Gasteiger partial charge in [-0.1, -0.05) is 6.92 Å². The van der Waals surface area contributed by atoms with E-state index < -0.39 is 0 Å². The smallest absolute Gasteiger partial charge is 0.293 e. The van der Waals surface area contributed by atoms with Crippen LogP contribution in [0.1, 0.15) is 30.6 Å². The molecule has 2 atom stereocenters. The summed E-state index contributed by atoms with van der Waals surface area (Å²) in [6.07, 6.45) is 1.02. The van der Waals surface area contributed by atoms with Crippen LogP contribution < -0.4 is 4.90 Å². The van der Waals surface area contributed by atoms with Crippen molar-refractivity contribution in [3.05, 3.63) is 33.9 Å². The zero-order valence-corrected chi connectivity index (χ0v) is 14.1. The molecule has 7 nitrogen and oxygen atoms in total. The summed E-state index contributed by atoms with van der Waals surface area (Å²) < 4.78 is 5.25. The fraction of sp³-hybridized carbons (Fsp3) is 0.588. The first-order chi connectivity index (χ1) is 11.5. The molecule has 2 fully saturated rings. The van der Waals surface area contributed by atoms with Crippen molar-refractivity contribution in [2.24, 2.45) is 5.92 Å². The van der Waals surface area contributed by atoms with Crippen molar-refractivity contribution >= 4 is 17.3 Å². The minimum atomic E-state index is -0.388. The summed E-state index contributed by atoms with van der Waals surface area (Å²) in [5, 5.41) is 11.6. The third kappa shape index (κ3) is 3.08. The Bertz CT molecular complexity index is 643. The van der Waals surface area contributed by atoms with Gasteiger partial charge in [-0.3, -0.25) is 14.9 Å². The predicted octanol–water partition coefficient (Wildman–Crippen LogP) is 2.30. The van der Waals surface area contributed by atoms with Gasteiger partial charge in [0, 0.05) is 37.3 Å². The molecule has 0 bridgehead atoms. The molecule has 2 unspecified atom stereocenters. The molecule has 7 heteroatoms. The summed E-state index contributed by atoms with van der Waals surface area (Å²) in [4.78, 5) is 27.5. The van der Waals surface area contributed by atoms with Crippen molar-refractivity contribution in [3.8, 4) is 0 Å². The highest BCUT2D eigenvalue weighted by molar-refractivity contribution is 5.96. The second-order valence-corrected chi connectivity index (χ2v) is 6.57. The third-order valence-electron chi connectivity index (χ3n) is 5.17. The fourth-order valence-corrected chi connectivity index (χ4v) is 3.43. The third-order valence-corrected chi connectivity index (χ3v) is 5.17. The normalized spacial score (nSPS) is 24.2. The highest BCUT2D eigenvalue weighted by atomic mass is 16.6. The summed E-state index contributed by atoms with van der Waals surface area (Å²) >= 11 is 0. The van der Waals surface area contributed by atoms with Crippen LogP contribution in [-0.2, 0) is 4.74 Å². The number of nitro benzene ring substituents is 1. The Kier molecular flexibility index (Phi) is 4.71. The van der Waals surface area contributed by atoms with Gasteiger partial charge >= 0.3 is 0 Å². The van der Waals surface area contributed by atoms with Crippen LogP contribution >= 0.6 is 0 Å². The molecule has 24 heavy (non-hydrogen) atoms. The topological polar surface area (TPSA) is 75.9 Å². The van der Waals surface area contributed by atoms with E-state index in [1.165, 1.54) is 6.07 Å². The lowest BCUT2D eigenvalue weighted by Crippen LogP contribution is -2.40. The molecule has 2 aliphatic rings. The number of carbonyl (C=O) groups is 1. The number of benzene rings is 1. The SMILES string of the molecule is CC1CCN(c2ccc(C(=O)N3CCOCC3)cc2[N+](=O)[O-])C1C. The van der Waals surface area contributed by atoms with E-state index in [2.05, 4.69) is 18.7 Å². The van der Waals surface area contributed by atoms with E-state index in [1.54, 1.807) is 17.0 Å². The van der Waals surface area contributed by atoms with Crippen LogP contribution in [0, 0.1) is 16.0 Å². The number of nitrogens with zero attached hydrogens (tertiary/aromatic N) is 3. The molecule has 2 aliphatic heterocycles. The Labute approximate surface area is 141 Å². The average Bonchev–Trinajstić information content (AvgIpc) is 2.93. The van der Waals surface area contributed by atoms with Crippen LogP contribution in [0.3, 0.4) is 0 Å². The molecule has 1 aromatic carbocycles. The molecule has 0 aliphatic carbocycles. The molecule has 2 heterocycles. The minimum absolute atomic E-state index is 0.00931. The van der Waals surface area contributed by atoms with Crippen LogP contribution in [0.15, 0.2) is 18.2 Å². The van der Waals surface area contributed by atoms with E-state index >= 15 is 0 Å². The largest absolute Gasteiger partial charge is 0.378 e. The van der Waals surface area contributed by atoms with Gasteiger partial charge in [0.05, 0.1) is 18.1 Å². The van der Waals surface area contributed by atoms with Crippen LogP contribution in [0.2, 0.25) is 0 Å². The number of hydrogen-bond donors (Lipinski definition) is 0. The quantitative estimate of drug-likeness (QED) is 0.627. The number of amides is 1. The first-order valence-electron chi connectivity index (χ1n) is 8.41. The number of ether oxygens (including phenoxy) is 1. The number of hydrogen-bond acceptors (Lipinski definition) is 5. The second-order valence-electron chi connectivity index (χ2n) is 6.57. The van der Waals surface area contributed by atoms with Crippen molar-refractivity contribution in [2.75, 3.05) is 37.7 Å². The lowest BCUT2D eigenvalue weighted by Gasteiger charge is -2.28. The van der Waals surface area contributed by atoms with Crippen molar-refractivity contribution < 1.29 is 14.5 Å². The second kappa shape index (κ2) is 6.76. The molecule has 0 radical (unpaired) electrons. The lowest BCUT2D eigenvalue weighted by molar-refractivity contribution is -0.384. The maximum absolute atomic E-state index is 12.6. The first kappa shape index (κ1) is 16.7. The zero-order valence-electron chi connectivity index (χ0n) is 14.1. The van der Waals surface area contributed by atoms with Crippen LogP contribution in [0.5, 0.6) is 0 Å². The Hall–Kier alpha value is -2.15. The molecule has 2 saturated heterocycles. The van der Waals surface area contributed by atoms with Gasteiger partial charge in [0.15, 0.2) is 0 Å². The van der Waals surface area contributed by atoms with Gasteiger partial charge in [-0.2, -0.15) is 0 Å². The number of morpholine rings is 1. The van der Waals surface area contributed by atoms with Crippen molar-refractivity contribution in [1.29, 1.82) is 0 Å². The number of nitro groups is 1. The van der Waals surface area contributed by atoms with E-state index in [-0.39, 0.29) is 22.6 Å². The number of rotatable bonds is 3. The minimum Gasteiger partial charge on any atom is -0.378 e. The molecule has 130 valence electrons. The van der Waals surface area contributed by atoms with Crippen LogP contribution in [0.4, 0.5) is 11.4 Å². The van der Waals surface area contributed by atoms with Crippen molar-refractivity contribution in [3.63, 3.8) is 0 Å². The summed E-state index contributed by atoms with van der Waals surface area (Å²) in [6, 6.07) is 5.10. The Morgan fingerprint density at radius 3 is 2.54 bits per heavy atom. The highest BCUT2D eigenvalue weighted by Crippen LogP contribution is 2.36. The summed E-state index contributed by atoms with van der Waals surface area (Å²) in [6.45, 7) is 7.12. The van der Waals surface area contributed by atoms with Crippen molar-refractivity contribution in [2.45, 2.75) is 26.3 Å². The molecule has 1 aromatic rings. The van der Waals surface area contributed by atoms with Crippen LogP contribution in [0.25, 0.3) is 0 Å². The Morgan fingerprint density at radius 1 is 1.25 bits per heavy atom. The lowest BCUT2D eigenvalue weighted by atomic mass is 10.0. The molecule has 0 saturated carbocycles. The molecule has 0 N–H and O–H groups in total. The molecular weight excluding hydrogens is 310 g/mol. The van der Waals surface area contributed by atoms with E-state index in [0.717, 1.165) is 13.0 Å². The van der Waals surface area contributed by atoms with Gasteiger partial charge in [0.2, 0.25) is 0 Å². The standard InChI is InChI=1S/C17H23N3O4/c1-12-5-6-19(13(12)2)15-4-3-14(11-16(15)20(22)23)17(21)18-7-9-24-10-8-18/h3-4,11-13H,5-10H2,1-2H3. The van der Waals surface area contributed by atoms with Gasteiger partial charge in [0.1, 0.15) is 5.69 Å². The van der Waals surface area contributed by atoms with Gasteiger partial charge in [0.25, 0.3) is 11.6 Å². The summed E-state index contributed by atoms with van der Waals surface area (Å²) in [7, 11) is 0. The molecule has 0 aromatic heterocycles. The maximum Gasteiger partial charge on any atom is 0.293 e. The average molecular weight is 333 g/mol. The van der Waals surface area contributed by atoms with Gasteiger partial charge in [-0.25, -0.2) is 0 Å². The maximum atomic E-state index is 12.6. The van der Waals surface area contributed by atoms with E-state index in [9.17, 15) is 14.9 Å². The summed E-state index contributed by atoms with van der Waals surface area (Å²) in [5.74, 6) is 0.329. The van der Waals surface area contributed by atoms with E-state index in [1.807, 2.05) is 0 Å². The van der Waals surface area contributed by atoms with Gasteiger partial charge < -0.3 is 14.5 Å². The Morgan fingerprint density at radius 2 is 1.96 bits per heavy atom. The Balaban J connectivity index is 1.90. The van der Waals surface area contributed by atoms with E-state index in [0.29, 0.717) is 43.5 Å². The first-order valence-corrected chi connectivity index (χ1v) is 8.41. The van der Waals surface area contributed by atoms with Gasteiger partial charge in [-0.15, -0.1) is 0 Å². The molecule has 1 amide bonds. The number of carbonyl (C=O) groups excluding carboxylic acids is 1. The van der Waals surface area contributed by atoms with E-state index in [4.69, 9.17) is 4.74 Å². The summed E-state index contributed by atoms with van der Waals surface area (Å²) in [5.41, 5.74) is 0.984. The highest BCUT2D eigenvalue weighted by Gasteiger charge is 2.32. The van der Waals surface area contributed by atoms with Gasteiger partial charge in [-0.05, 0) is 31.4 Å². The number of anilines is 1. The predicted molar refractivity (Wildman–Crippen MR) is 90.4 cm³/mol. The monoisotopic (exact) mass is 333 g/mol. The van der Waals surface area contributed by atoms with Crippen molar-refractivity contribution in [1.82, 2.24) is 4.90 Å². The molecule has 3 rings (SSSR count).